The molecule has 0 bridgehead atoms. The van der Waals surface area contributed by atoms with Crippen LogP contribution >= 0.6 is 23.4 Å². The zero-order valence-electron chi connectivity index (χ0n) is 21.4. The molecule has 0 saturated carbocycles. The van der Waals surface area contributed by atoms with E-state index in [-0.39, 0.29) is 30.7 Å². The van der Waals surface area contributed by atoms with Crippen molar-refractivity contribution < 1.29 is 23.9 Å². The van der Waals surface area contributed by atoms with Gasteiger partial charge in [0.25, 0.3) is 5.91 Å². The van der Waals surface area contributed by atoms with Crippen molar-refractivity contribution in [2.45, 2.75) is 63.6 Å². The minimum absolute atomic E-state index is 0.126. The van der Waals surface area contributed by atoms with E-state index in [0.29, 0.717) is 34.9 Å². The molecule has 0 spiro atoms. The highest BCUT2D eigenvalue weighted by atomic mass is 35.5. The second-order valence-corrected chi connectivity index (χ2v) is 11.2. The Labute approximate surface area is 226 Å². The van der Waals surface area contributed by atoms with Crippen LogP contribution in [0.1, 0.15) is 56.5 Å². The number of ketones is 1. The van der Waals surface area contributed by atoms with Gasteiger partial charge in [0.1, 0.15) is 11.6 Å². The molecule has 198 valence electrons. The Morgan fingerprint density at radius 1 is 1.14 bits per heavy atom. The van der Waals surface area contributed by atoms with E-state index in [2.05, 4.69) is 10.6 Å². The lowest BCUT2D eigenvalue weighted by molar-refractivity contribution is -0.121. The number of carbonyl (C=O) groups is 4. The number of rotatable bonds is 8. The molecular formula is C27H32ClN3O5S. The number of nitrogens with one attached hydrogen (secondary N) is 2. The Morgan fingerprint density at radius 3 is 2.49 bits per heavy atom. The molecule has 37 heavy (non-hydrogen) atoms. The number of thioether (sulfide) groups is 1. The lowest BCUT2D eigenvalue weighted by atomic mass is 10.1. The highest BCUT2D eigenvalue weighted by Gasteiger charge is 2.33. The van der Waals surface area contributed by atoms with Crippen LogP contribution in [0, 0.1) is 0 Å². The third-order valence-electron chi connectivity index (χ3n) is 5.41. The minimum Gasteiger partial charge on any atom is -0.444 e. The Hall–Kier alpha value is -3.04. The predicted molar refractivity (Wildman–Crippen MR) is 145 cm³/mol. The molecule has 1 aliphatic heterocycles. The number of hydrogen-bond acceptors (Lipinski definition) is 6. The molecule has 0 fully saturated rings. The van der Waals surface area contributed by atoms with Crippen LogP contribution in [0.15, 0.2) is 47.4 Å². The largest absolute Gasteiger partial charge is 0.444 e. The maximum absolute atomic E-state index is 13.7. The fourth-order valence-electron chi connectivity index (χ4n) is 3.66. The van der Waals surface area contributed by atoms with Crippen molar-refractivity contribution in [2.24, 2.45) is 0 Å². The zero-order chi connectivity index (χ0) is 27.2. The first-order chi connectivity index (χ1) is 17.5. The lowest BCUT2D eigenvalue weighted by Crippen LogP contribution is -2.50. The Bertz CT molecular complexity index is 1160. The van der Waals surface area contributed by atoms with E-state index in [9.17, 15) is 19.2 Å². The van der Waals surface area contributed by atoms with Gasteiger partial charge in [-0.25, -0.2) is 4.79 Å². The van der Waals surface area contributed by atoms with Crippen molar-refractivity contribution in [3.63, 3.8) is 0 Å². The Kier molecular flexibility index (Phi) is 9.62. The Morgan fingerprint density at radius 2 is 1.84 bits per heavy atom. The van der Waals surface area contributed by atoms with E-state index in [1.54, 1.807) is 56.0 Å². The molecule has 3 amide bonds. The monoisotopic (exact) mass is 545 g/mol. The molecule has 0 aromatic heterocycles. The third kappa shape index (κ3) is 8.23. The molecule has 0 radical (unpaired) electrons. The summed E-state index contributed by atoms with van der Waals surface area (Å²) in [4.78, 5) is 53.2. The molecule has 0 aliphatic carbocycles. The topological polar surface area (TPSA) is 105 Å². The van der Waals surface area contributed by atoms with Crippen molar-refractivity contribution in [1.82, 2.24) is 10.6 Å². The smallest absolute Gasteiger partial charge is 0.408 e. The van der Waals surface area contributed by atoms with Crippen LogP contribution in [0.4, 0.5) is 10.5 Å². The fraction of sp³-hybridized carbons (Fsp3) is 0.407. The number of amides is 3. The first-order valence-corrected chi connectivity index (χ1v) is 13.4. The van der Waals surface area contributed by atoms with E-state index < -0.39 is 17.7 Å². The van der Waals surface area contributed by atoms with Gasteiger partial charge in [-0.05, 0) is 57.0 Å². The number of Topliss-reactive ketones (excluding diaryl/α,β-unsaturated/α-hetero) is 1. The van der Waals surface area contributed by atoms with Crippen molar-refractivity contribution in [2.75, 3.05) is 17.2 Å². The molecule has 0 unspecified atom stereocenters. The first kappa shape index (κ1) is 28.5. The summed E-state index contributed by atoms with van der Waals surface area (Å²) in [5.41, 5.74) is 1.06. The summed E-state index contributed by atoms with van der Waals surface area (Å²) < 4.78 is 5.36. The number of fused-ring (bicyclic) bond motifs is 1. The van der Waals surface area contributed by atoms with Gasteiger partial charge in [-0.15, -0.1) is 11.8 Å². The summed E-state index contributed by atoms with van der Waals surface area (Å²) >= 11 is 7.45. The van der Waals surface area contributed by atoms with Gasteiger partial charge >= 0.3 is 6.09 Å². The number of anilines is 1. The second kappa shape index (κ2) is 12.5. The summed E-state index contributed by atoms with van der Waals surface area (Å²) in [5, 5.41) is 5.91. The molecule has 8 nitrogen and oxygen atoms in total. The van der Waals surface area contributed by atoms with Gasteiger partial charge in [0.05, 0.1) is 18.8 Å². The molecule has 2 N–H and O–H groups in total. The maximum Gasteiger partial charge on any atom is 0.408 e. The van der Waals surface area contributed by atoms with E-state index in [1.165, 1.54) is 11.8 Å². The number of ether oxygens (including phenoxy) is 1. The Balaban J connectivity index is 1.91. The molecular weight excluding hydrogens is 514 g/mol. The molecule has 10 heteroatoms. The normalized spacial score (nSPS) is 15.4. The summed E-state index contributed by atoms with van der Waals surface area (Å²) in [5.74, 6) is -0.476. The van der Waals surface area contributed by atoms with Crippen LogP contribution < -0.4 is 15.5 Å². The van der Waals surface area contributed by atoms with Crippen LogP contribution in [0.2, 0.25) is 5.02 Å². The second-order valence-electron chi connectivity index (χ2n) is 9.69. The summed E-state index contributed by atoms with van der Waals surface area (Å²) in [6.45, 7) is 7.23. The molecule has 3 rings (SSSR count). The van der Waals surface area contributed by atoms with Crippen LogP contribution in [-0.2, 0) is 20.9 Å². The number of benzene rings is 2. The predicted octanol–water partition coefficient (Wildman–Crippen LogP) is 4.97. The number of nitrogens with zero attached hydrogens (tertiary/aromatic N) is 1. The van der Waals surface area contributed by atoms with Gasteiger partial charge in [0, 0.05) is 27.7 Å². The zero-order valence-corrected chi connectivity index (χ0v) is 23.0. The van der Waals surface area contributed by atoms with Gasteiger partial charge < -0.3 is 20.3 Å². The highest BCUT2D eigenvalue weighted by Crippen LogP contribution is 2.36. The van der Waals surface area contributed by atoms with Gasteiger partial charge in [0.15, 0.2) is 5.78 Å². The number of carbonyl (C=O) groups excluding carboxylic acids is 4. The average Bonchev–Trinajstić information content (AvgIpc) is 2.95. The molecule has 1 heterocycles. The van der Waals surface area contributed by atoms with E-state index >= 15 is 0 Å². The number of alkyl carbamates (subject to hydrolysis) is 1. The number of halogens is 1. The molecule has 0 saturated heterocycles. The minimum atomic E-state index is -0.841. The van der Waals surface area contributed by atoms with Crippen molar-refractivity contribution in [3.05, 3.63) is 58.6 Å². The summed E-state index contributed by atoms with van der Waals surface area (Å²) in [7, 11) is 0. The summed E-state index contributed by atoms with van der Waals surface area (Å²) in [6.07, 6.45) is 0.363. The number of hydrogen-bond donors (Lipinski definition) is 2. The van der Waals surface area contributed by atoms with Crippen molar-refractivity contribution in [1.29, 1.82) is 0 Å². The third-order valence-corrected chi connectivity index (χ3v) is 6.82. The fourth-order valence-corrected chi connectivity index (χ4v) is 4.84. The molecule has 2 aromatic carbocycles. The highest BCUT2D eigenvalue weighted by molar-refractivity contribution is 7.99. The van der Waals surface area contributed by atoms with E-state index in [1.807, 2.05) is 19.1 Å². The maximum atomic E-state index is 13.7. The average molecular weight is 546 g/mol. The van der Waals surface area contributed by atoms with Gasteiger partial charge in [-0.3, -0.25) is 14.4 Å². The van der Waals surface area contributed by atoms with Gasteiger partial charge in [0.2, 0.25) is 5.91 Å². The van der Waals surface area contributed by atoms with Crippen LogP contribution in [0.3, 0.4) is 0 Å². The summed E-state index contributed by atoms with van der Waals surface area (Å²) in [6, 6.07) is 11.4. The first-order valence-electron chi connectivity index (χ1n) is 12.1. The van der Waals surface area contributed by atoms with Crippen LogP contribution in [0.5, 0.6) is 0 Å². The SMILES string of the molecule is CCCC(=O)NCC(=O)c1ccc2c(c1)N(Cc1ccc(Cl)cc1)C(=O)[C@@H](NC(=O)OC(C)(C)C)CS2. The van der Waals surface area contributed by atoms with Gasteiger partial charge in [-0.2, -0.15) is 0 Å². The van der Waals surface area contributed by atoms with E-state index in [0.717, 1.165) is 10.5 Å². The molecule has 2 aromatic rings. The molecule has 1 aliphatic rings. The van der Waals surface area contributed by atoms with Crippen LogP contribution in [0.25, 0.3) is 0 Å². The quantitative estimate of drug-likeness (QED) is 0.454. The van der Waals surface area contributed by atoms with E-state index in [4.69, 9.17) is 16.3 Å². The van der Waals surface area contributed by atoms with Crippen molar-refractivity contribution in [3.8, 4) is 0 Å². The van der Waals surface area contributed by atoms with Crippen LogP contribution in [-0.4, -0.2) is 47.6 Å². The van der Waals surface area contributed by atoms with Crippen molar-refractivity contribution >= 4 is 52.7 Å². The molecule has 1 atom stereocenters. The lowest BCUT2D eigenvalue weighted by Gasteiger charge is -2.27. The van der Waals surface area contributed by atoms with Gasteiger partial charge in [-0.1, -0.05) is 36.7 Å². The standard InChI is InChI=1S/C27H32ClN3O5S/c1-5-6-24(33)29-14-22(32)18-9-12-23-21(13-18)31(15-17-7-10-19(28)11-8-17)25(34)20(16-37-23)30-26(35)36-27(2,3)4/h7-13,20H,5-6,14-16H2,1-4H3,(H,29,33)(H,30,35)/t20-/m0/s1.